The highest BCUT2D eigenvalue weighted by Gasteiger charge is 2.30. The Bertz CT molecular complexity index is 750. The molecule has 5 heteroatoms. The van der Waals surface area contributed by atoms with E-state index in [0.29, 0.717) is 17.8 Å². The van der Waals surface area contributed by atoms with E-state index in [-0.39, 0.29) is 17.3 Å². The third-order valence-corrected chi connectivity index (χ3v) is 4.81. The van der Waals surface area contributed by atoms with E-state index in [1.165, 1.54) is 18.4 Å². The van der Waals surface area contributed by atoms with Crippen LogP contribution >= 0.6 is 0 Å². The summed E-state index contributed by atoms with van der Waals surface area (Å²) in [5.74, 6) is 0.198. The number of Topliss-reactive ketones (excluding diaryl/α,β-unsaturated/α-hetero) is 1. The van der Waals surface area contributed by atoms with Crippen molar-refractivity contribution in [3.05, 3.63) is 53.6 Å². The van der Waals surface area contributed by atoms with Gasteiger partial charge in [0.15, 0.2) is 5.78 Å². The summed E-state index contributed by atoms with van der Waals surface area (Å²) in [6.45, 7) is 11.0. The van der Waals surface area contributed by atoms with Crippen LogP contribution in [0.2, 0.25) is 0 Å². The molecule has 0 aliphatic heterocycles. The Balaban J connectivity index is 0.000000481. The summed E-state index contributed by atoms with van der Waals surface area (Å²) in [4.78, 5) is 30.5. The fourth-order valence-electron chi connectivity index (χ4n) is 3.20. The zero-order chi connectivity index (χ0) is 23.3. The highest BCUT2D eigenvalue weighted by atomic mass is 16.4. The summed E-state index contributed by atoms with van der Waals surface area (Å²) in [6.07, 6.45) is 9.77. The average molecular weight is 417 g/mol. The predicted octanol–water partition coefficient (Wildman–Crippen LogP) is 5.52. The van der Waals surface area contributed by atoms with Crippen molar-refractivity contribution >= 4 is 17.5 Å². The Kier molecular flexibility index (Phi) is 12.3. The third-order valence-electron chi connectivity index (χ3n) is 4.81. The molecule has 1 unspecified atom stereocenters. The van der Waals surface area contributed by atoms with Gasteiger partial charge in [-0.1, -0.05) is 43.7 Å². The fraction of sp³-hybridized carbons (Fsp3) is 0.480. The predicted molar refractivity (Wildman–Crippen MR) is 121 cm³/mol. The van der Waals surface area contributed by atoms with Crippen molar-refractivity contribution in [2.24, 2.45) is 11.3 Å². The van der Waals surface area contributed by atoms with Crippen LogP contribution in [0.4, 0.5) is 0 Å². The average Bonchev–Trinajstić information content (AvgIpc) is 2.60. The summed E-state index contributed by atoms with van der Waals surface area (Å²) in [5, 5.41) is 16.4. The third kappa shape index (κ3) is 12.7. The van der Waals surface area contributed by atoms with Gasteiger partial charge < -0.3 is 15.0 Å². The van der Waals surface area contributed by atoms with E-state index in [1.54, 1.807) is 32.1 Å². The van der Waals surface area contributed by atoms with E-state index in [4.69, 9.17) is 15.0 Å². The normalized spacial score (nSPS) is 17.0. The van der Waals surface area contributed by atoms with E-state index in [2.05, 4.69) is 32.9 Å². The minimum atomic E-state index is -0.833. The molecule has 1 aliphatic rings. The van der Waals surface area contributed by atoms with Crippen LogP contribution in [0.3, 0.4) is 0 Å². The number of phenolic OH excluding ortho intramolecular Hbond substituents is 1. The molecule has 0 saturated carbocycles. The van der Waals surface area contributed by atoms with Gasteiger partial charge in [-0.2, -0.15) is 0 Å². The number of carbonyl (C=O) groups excluding carboxylic acids is 2. The molecule has 0 heterocycles. The van der Waals surface area contributed by atoms with Crippen LogP contribution in [0.15, 0.2) is 48.1 Å². The lowest BCUT2D eigenvalue weighted by molar-refractivity contribution is -0.134. The first-order chi connectivity index (χ1) is 13.8. The number of rotatable bonds is 5. The number of ketones is 2. The van der Waals surface area contributed by atoms with Crippen molar-refractivity contribution in [3.8, 4) is 5.75 Å². The number of aromatic hydroxyl groups is 1. The number of phenols is 1. The molecule has 0 bridgehead atoms. The van der Waals surface area contributed by atoms with Crippen LogP contribution in [-0.2, 0) is 20.8 Å². The second kappa shape index (κ2) is 13.5. The van der Waals surface area contributed by atoms with Crippen LogP contribution < -0.4 is 0 Å². The Hall–Kier alpha value is -2.69. The van der Waals surface area contributed by atoms with Crippen molar-refractivity contribution in [2.75, 3.05) is 0 Å². The number of aliphatic carboxylic acids is 1. The van der Waals surface area contributed by atoms with Crippen molar-refractivity contribution in [1.82, 2.24) is 0 Å². The zero-order valence-electron chi connectivity index (χ0n) is 19.1. The molecular formula is C25H36O5. The SMILES string of the molecule is CC(=O)C=CC1C(C)=CCCC1(C)C.CC(=O)CCc1ccc(O)cc1.CC(=O)O. The Morgan fingerprint density at radius 1 is 1.10 bits per heavy atom. The molecule has 1 aromatic rings. The molecule has 5 nitrogen and oxygen atoms in total. The lowest BCUT2D eigenvalue weighted by atomic mass is 9.68. The lowest BCUT2D eigenvalue weighted by Crippen LogP contribution is -2.26. The minimum Gasteiger partial charge on any atom is -0.508 e. The summed E-state index contributed by atoms with van der Waals surface area (Å²) in [5.41, 5.74) is 2.78. The molecule has 0 saturated heterocycles. The van der Waals surface area contributed by atoms with E-state index in [9.17, 15) is 9.59 Å². The molecule has 2 N–H and O–H groups in total. The number of hydrogen-bond donors (Lipinski definition) is 2. The van der Waals surface area contributed by atoms with Crippen molar-refractivity contribution in [1.29, 1.82) is 0 Å². The molecule has 166 valence electrons. The molecular weight excluding hydrogens is 380 g/mol. The maximum atomic E-state index is 10.9. The first kappa shape index (κ1) is 27.3. The molecule has 30 heavy (non-hydrogen) atoms. The van der Waals surface area contributed by atoms with Gasteiger partial charge in [-0.05, 0) is 69.2 Å². The van der Waals surface area contributed by atoms with E-state index in [1.807, 2.05) is 12.1 Å². The molecule has 2 rings (SSSR count). The molecule has 1 atom stereocenters. The van der Waals surface area contributed by atoms with Gasteiger partial charge in [0.1, 0.15) is 11.5 Å². The van der Waals surface area contributed by atoms with Gasteiger partial charge in [-0.3, -0.25) is 9.59 Å². The van der Waals surface area contributed by atoms with E-state index < -0.39 is 5.97 Å². The van der Waals surface area contributed by atoms with E-state index >= 15 is 0 Å². The Morgan fingerprint density at radius 2 is 1.63 bits per heavy atom. The van der Waals surface area contributed by atoms with Crippen LogP contribution in [-0.4, -0.2) is 27.7 Å². The van der Waals surface area contributed by atoms with Gasteiger partial charge in [-0.15, -0.1) is 0 Å². The Morgan fingerprint density at radius 3 is 2.07 bits per heavy atom. The minimum absolute atomic E-state index is 0.138. The largest absolute Gasteiger partial charge is 0.508 e. The second-order valence-corrected chi connectivity index (χ2v) is 8.31. The molecule has 0 spiro atoms. The first-order valence-electron chi connectivity index (χ1n) is 10.2. The monoisotopic (exact) mass is 416 g/mol. The number of allylic oxidation sites excluding steroid dienone is 4. The van der Waals surface area contributed by atoms with Gasteiger partial charge in [-0.25, -0.2) is 0 Å². The number of benzene rings is 1. The number of carboxylic acids is 1. The zero-order valence-corrected chi connectivity index (χ0v) is 19.1. The molecule has 0 radical (unpaired) electrons. The molecule has 1 aromatic carbocycles. The summed E-state index contributed by atoms with van der Waals surface area (Å²) >= 11 is 0. The van der Waals surface area contributed by atoms with Gasteiger partial charge in [0, 0.05) is 19.3 Å². The Labute approximate surface area is 180 Å². The molecule has 0 fully saturated rings. The summed E-state index contributed by atoms with van der Waals surface area (Å²) in [6, 6.07) is 6.93. The van der Waals surface area contributed by atoms with Crippen LogP contribution in [0.25, 0.3) is 0 Å². The van der Waals surface area contributed by atoms with Gasteiger partial charge >= 0.3 is 0 Å². The maximum absolute atomic E-state index is 10.9. The van der Waals surface area contributed by atoms with Crippen molar-refractivity contribution in [3.63, 3.8) is 0 Å². The van der Waals surface area contributed by atoms with Crippen LogP contribution in [0, 0.1) is 11.3 Å². The van der Waals surface area contributed by atoms with Gasteiger partial charge in [0.2, 0.25) is 0 Å². The van der Waals surface area contributed by atoms with Crippen LogP contribution in [0.1, 0.15) is 66.4 Å². The number of carboxylic acid groups (broad SMARTS) is 1. The smallest absolute Gasteiger partial charge is 0.300 e. The van der Waals surface area contributed by atoms with Crippen molar-refractivity contribution in [2.45, 2.75) is 67.2 Å². The van der Waals surface area contributed by atoms with Gasteiger partial charge in [0.05, 0.1) is 0 Å². The summed E-state index contributed by atoms with van der Waals surface area (Å²) in [7, 11) is 0. The standard InChI is InChI=1S/C13H20O.C10H12O2.C2H4O2/c1-10-6-5-9-13(3,4)12(10)8-7-11(2)14;1-8(11)2-3-9-4-6-10(12)7-5-9;1-2(3)4/h6-8,12H,5,9H2,1-4H3;4-7,12H,2-3H2,1H3;1H3,(H,3,4). The maximum Gasteiger partial charge on any atom is 0.300 e. The quantitative estimate of drug-likeness (QED) is 0.487. The fourth-order valence-corrected chi connectivity index (χ4v) is 3.20. The first-order valence-corrected chi connectivity index (χ1v) is 10.2. The summed E-state index contributed by atoms with van der Waals surface area (Å²) < 4.78 is 0. The molecule has 1 aliphatic carbocycles. The second-order valence-electron chi connectivity index (χ2n) is 8.31. The number of aryl methyl sites for hydroxylation is 1. The number of carbonyl (C=O) groups is 3. The topological polar surface area (TPSA) is 91.7 Å². The molecule has 0 aromatic heterocycles. The van der Waals surface area contributed by atoms with Crippen molar-refractivity contribution < 1.29 is 24.6 Å². The highest BCUT2D eigenvalue weighted by molar-refractivity contribution is 5.87. The van der Waals surface area contributed by atoms with E-state index in [0.717, 1.165) is 18.9 Å². The van der Waals surface area contributed by atoms with Gasteiger partial charge in [0.25, 0.3) is 5.97 Å². The lowest BCUT2D eigenvalue weighted by Gasteiger charge is -2.36. The number of hydrogen-bond acceptors (Lipinski definition) is 4. The molecule has 0 amide bonds. The van der Waals surface area contributed by atoms with Crippen LogP contribution in [0.5, 0.6) is 5.75 Å². The highest BCUT2D eigenvalue weighted by Crippen LogP contribution is 2.41.